The molecule has 0 amide bonds. The lowest BCUT2D eigenvalue weighted by Crippen LogP contribution is -2.00. The molecule has 0 saturated carbocycles. The molecule has 0 saturated heterocycles. The summed E-state index contributed by atoms with van der Waals surface area (Å²) in [6, 6.07) is 7.32. The molecule has 0 unspecified atom stereocenters. The second-order valence-corrected chi connectivity index (χ2v) is 3.96. The number of carbonyl (C=O) groups is 1. The van der Waals surface area contributed by atoms with E-state index in [0.29, 0.717) is 5.69 Å². The highest BCUT2D eigenvalue weighted by atomic mass is 16.6. The molecule has 0 spiro atoms. The number of nitro groups is 1. The highest BCUT2D eigenvalue weighted by molar-refractivity contribution is 5.95. The van der Waals surface area contributed by atoms with E-state index in [-0.39, 0.29) is 11.4 Å². The monoisotopic (exact) mass is 245 g/mol. The fourth-order valence-corrected chi connectivity index (χ4v) is 1.58. The average molecular weight is 245 g/mol. The lowest BCUT2D eigenvalue weighted by Gasteiger charge is -2.00. The molecular formula is C12H11N3O3. The van der Waals surface area contributed by atoms with Crippen molar-refractivity contribution in [2.45, 2.75) is 13.8 Å². The standard InChI is InChI=1S/C12H11N3O3/c1-8-3-5-10(6-4-8)14-7-11(15(17)18)12(13-14)9(2)16/h3-7H,1-2H3. The molecule has 0 bridgehead atoms. The Morgan fingerprint density at radius 3 is 2.39 bits per heavy atom. The molecule has 0 aliphatic heterocycles. The van der Waals surface area contributed by atoms with E-state index in [0.717, 1.165) is 5.56 Å². The lowest BCUT2D eigenvalue weighted by atomic mass is 10.2. The van der Waals surface area contributed by atoms with Gasteiger partial charge in [-0.1, -0.05) is 17.7 Å². The molecule has 0 atom stereocenters. The Labute approximate surface area is 103 Å². The van der Waals surface area contributed by atoms with Crippen molar-refractivity contribution >= 4 is 11.5 Å². The third kappa shape index (κ3) is 2.13. The van der Waals surface area contributed by atoms with Crippen LogP contribution in [0.2, 0.25) is 0 Å². The number of rotatable bonds is 3. The molecule has 18 heavy (non-hydrogen) atoms. The number of hydrogen-bond acceptors (Lipinski definition) is 4. The Morgan fingerprint density at radius 2 is 1.94 bits per heavy atom. The first-order valence-electron chi connectivity index (χ1n) is 5.31. The number of ketones is 1. The van der Waals surface area contributed by atoms with Crippen molar-refractivity contribution in [3.05, 3.63) is 51.8 Å². The Hall–Kier alpha value is -2.50. The summed E-state index contributed by atoms with van der Waals surface area (Å²) in [5.74, 6) is -0.424. The maximum atomic E-state index is 11.3. The summed E-state index contributed by atoms with van der Waals surface area (Å²) in [4.78, 5) is 21.5. The molecular weight excluding hydrogens is 234 g/mol. The van der Waals surface area contributed by atoms with Crippen LogP contribution in [0, 0.1) is 17.0 Å². The van der Waals surface area contributed by atoms with E-state index >= 15 is 0 Å². The first kappa shape index (κ1) is 12.0. The quantitative estimate of drug-likeness (QED) is 0.472. The van der Waals surface area contributed by atoms with Crippen molar-refractivity contribution in [2.24, 2.45) is 0 Å². The van der Waals surface area contributed by atoms with Gasteiger partial charge in [-0.25, -0.2) is 4.68 Å². The summed E-state index contributed by atoms with van der Waals surface area (Å²) in [6.45, 7) is 3.20. The minimum absolute atomic E-state index is 0.124. The first-order chi connectivity index (χ1) is 8.49. The van der Waals surface area contributed by atoms with Gasteiger partial charge in [-0.3, -0.25) is 14.9 Å². The van der Waals surface area contributed by atoms with Gasteiger partial charge in [-0.2, -0.15) is 5.10 Å². The van der Waals surface area contributed by atoms with Gasteiger partial charge in [0.25, 0.3) is 0 Å². The summed E-state index contributed by atoms with van der Waals surface area (Å²) >= 11 is 0. The topological polar surface area (TPSA) is 78.0 Å². The normalized spacial score (nSPS) is 10.3. The molecule has 92 valence electrons. The molecule has 0 radical (unpaired) electrons. The van der Waals surface area contributed by atoms with Gasteiger partial charge in [-0.05, 0) is 19.1 Å². The second kappa shape index (κ2) is 4.40. The molecule has 0 aliphatic carbocycles. The number of aromatic nitrogens is 2. The molecule has 0 aliphatic rings. The number of Topliss-reactive ketones (excluding diaryl/α,β-unsaturated/α-hetero) is 1. The van der Waals surface area contributed by atoms with Crippen LogP contribution in [-0.2, 0) is 0 Å². The molecule has 1 aromatic heterocycles. The maximum Gasteiger partial charge on any atom is 0.318 e. The van der Waals surface area contributed by atoms with E-state index in [1.54, 1.807) is 12.1 Å². The van der Waals surface area contributed by atoms with E-state index in [4.69, 9.17) is 0 Å². The van der Waals surface area contributed by atoms with Crippen molar-refractivity contribution in [2.75, 3.05) is 0 Å². The zero-order valence-corrected chi connectivity index (χ0v) is 9.95. The zero-order valence-electron chi connectivity index (χ0n) is 9.95. The number of benzene rings is 1. The van der Waals surface area contributed by atoms with Crippen LogP contribution in [0.4, 0.5) is 5.69 Å². The SMILES string of the molecule is CC(=O)c1nn(-c2ccc(C)cc2)cc1[N+](=O)[O-]. The van der Waals surface area contributed by atoms with Crippen LogP contribution in [0.15, 0.2) is 30.5 Å². The van der Waals surface area contributed by atoms with Crippen LogP contribution in [0.3, 0.4) is 0 Å². The Bertz CT molecular complexity index is 582. The summed E-state index contributed by atoms with van der Waals surface area (Å²) in [5.41, 5.74) is 1.35. The highest BCUT2D eigenvalue weighted by Gasteiger charge is 2.23. The average Bonchev–Trinajstić information content (AvgIpc) is 2.75. The summed E-state index contributed by atoms with van der Waals surface area (Å²) in [6.07, 6.45) is 1.25. The summed E-state index contributed by atoms with van der Waals surface area (Å²) in [7, 11) is 0. The largest absolute Gasteiger partial charge is 0.318 e. The fraction of sp³-hybridized carbons (Fsp3) is 0.167. The van der Waals surface area contributed by atoms with Crippen LogP contribution in [-0.4, -0.2) is 20.5 Å². The molecule has 0 N–H and O–H groups in total. The zero-order chi connectivity index (χ0) is 13.3. The summed E-state index contributed by atoms with van der Waals surface area (Å²) < 4.78 is 1.34. The van der Waals surface area contributed by atoms with Crippen molar-refractivity contribution in [1.82, 2.24) is 9.78 Å². The van der Waals surface area contributed by atoms with E-state index < -0.39 is 10.7 Å². The van der Waals surface area contributed by atoms with Gasteiger partial charge in [0, 0.05) is 6.92 Å². The molecule has 6 nitrogen and oxygen atoms in total. The van der Waals surface area contributed by atoms with Gasteiger partial charge in [-0.15, -0.1) is 0 Å². The van der Waals surface area contributed by atoms with Crippen molar-refractivity contribution in [1.29, 1.82) is 0 Å². The highest BCUT2D eigenvalue weighted by Crippen LogP contribution is 2.20. The Balaban J connectivity index is 2.53. The van der Waals surface area contributed by atoms with Crippen LogP contribution >= 0.6 is 0 Å². The van der Waals surface area contributed by atoms with Crippen molar-refractivity contribution in [3.8, 4) is 5.69 Å². The van der Waals surface area contributed by atoms with Crippen molar-refractivity contribution < 1.29 is 9.72 Å². The number of nitrogens with zero attached hydrogens (tertiary/aromatic N) is 3. The smallest absolute Gasteiger partial charge is 0.292 e. The minimum atomic E-state index is -0.603. The molecule has 2 aromatic rings. The number of carbonyl (C=O) groups excluding carboxylic acids is 1. The predicted octanol–water partition coefficient (Wildman–Crippen LogP) is 2.29. The van der Waals surface area contributed by atoms with Gasteiger partial charge < -0.3 is 0 Å². The maximum absolute atomic E-state index is 11.3. The van der Waals surface area contributed by atoms with Crippen LogP contribution < -0.4 is 0 Å². The molecule has 0 fully saturated rings. The van der Waals surface area contributed by atoms with Gasteiger partial charge in [0.15, 0.2) is 5.78 Å². The fourth-order valence-electron chi connectivity index (χ4n) is 1.58. The molecule has 2 rings (SSSR count). The van der Waals surface area contributed by atoms with E-state index in [1.165, 1.54) is 17.8 Å². The lowest BCUT2D eigenvalue weighted by molar-refractivity contribution is -0.385. The van der Waals surface area contributed by atoms with Gasteiger partial charge in [0.1, 0.15) is 6.20 Å². The van der Waals surface area contributed by atoms with Gasteiger partial charge >= 0.3 is 5.69 Å². The molecule has 6 heteroatoms. The molecule has 1 aromatic carbocycles. The van der Waals surface area contributed by atoms with Gasteiger partial charge in [0.2, 0.25) is 5.69 Å². The minimum Gasteiger partial charge on any atom is -0.292 e. The van der Waals surface area contributed by atoms with Crippen molar-refractivity contribution in [3.63, 3.8) is 0 Å². The van der Waals surface area contributed by atoms with Crippen LogP contribution in [0.1, 0.15) is 23.0 Å². The summed E-state index contributed by atoms with van der Waals surface area (Å²) in [5, 5.41) is 14.8. The van der Waals surface area contributed by atoms with Gasteiger partial charge in [0.05, 0.1) is 10.6 Å². The predicted molar refractivity (Wildman–Crippen MR) is 65.0 cm³/mol. The van der Waals surface area contributed by atoms with E-state index in [2.05, 4.69) is 5.10 Å². The second-order valence-electron chi connectivity index (χ2n) is 3.96. The van der Waals surface area contributed by atoms with E-state index in [9.17, 15) is 14.9 Å². The first-order valence-corrected chi connectivity index (χ1v) is 5.31. The van der Waals surface area contributed by atoms with E-state index in [1.807, 2.05) is 19.1 Å². The Morgan fingerprint density at radius 1 is 1.33 bits per heavy atom. The molecule has 1 heterocycles. The third-order valence-electron chi connectivity index (χ3n) is 2.52. The Kier molecular flexibility index (Phi) is 2.93. The third-order valence-corrected chi connectivity index (χ3v) is 2.52. The number of hydrogen-bond donors (Lipinski definition) is 0. The van der Waals surface area contributed by atoms with Crippen LogP contribution in [0.5, 0.6) is 0 Å². The number of aryl methyl sites for hydroxylation is 1. The van der Waals surface area contributed by atoms with Crippen LogP contribution in [0.25, 0.3) is 5.69 Å².